The number of carbonyl (C=O) groups excluding carboxylic acids is 2. The van der Waals surface area contributed by atoms with E-state index in [4.69, 9.17) is 5.26 Å². The Kier molecular flexibility index (Phi) is 6.75. The minimum atomic E-state index is -1.23. The number of thiophene rings is 1. The van der Waals surface area contributed by atoms with Crippen molar-refractivity contribution in [1.29, 1.82) is 5.26 Å². The lowest BCUT2D eigenvalue weighted by Gasteiger charge is -2.30. The summed E-state index contributed by atoms with van der Waals surface area (Å²) in [6.07, 6.45) is 0.211. The smallest absolute Gasteiger partial charge is 0.316 e. The number of hydrogen-bond acceptors (Lipinski definition) is 4. The van der Waals surface area contributed by atoms with Crippen LogP contribution in [-0.4, -0.2) is 18.5 Å². The Labute approximate surface area is 157 Å². The van der Waals surface area contributed by atoms with Crippen LogP contribution in [0.4, 0.5) is 4.79 Å². The number of nitrogens with one attached hydrogen (secondary N) is 3. The average molecular weight is 370 g/mol. The molecule has 0 bridgehead atoms. The first kappa shape index (κ1) is 19.5. The minimum absolute atomic E-state index is 0.204. The molecular weight excluding hydrogens is 348 g/mol. The Balaban J connectivity index is 2.10. The predicted molar refractivity (Wildman–Crippen MR) is 101 cm³/mol. The number of rotatable bonds is 7. The molecular formula is C19H22N4O2S. The number of nitrogens with zero attached hydrogens (tertiary/aromatic N) is 1. The van der Waals surface area contributed by atoms with Crippen molar-refractivity contribution in [2.24, 2.45) is 0 Å². The molecule has 136 valence electrons. The maximum absolute atomic E-state index is 12.7. The standard InChI is InChI=1S/C19H22N4O2S/c1-14(15-7-4-3-5-8-15)22-18(25)23-19(2,16-9-12-26-13-16)17(24)21-11-6-10-20/h3-5,7-9,12-14H,6,11H2,1-2H3,(H,21,24)(H2,22,23,25). The van der Waals surface area contributed by atoms with Crippen molar-refractivity contribution in [1.82, 2.24) is 16.0 Å². The van der Waals surface area contributed by atoms with E-state index < -0.39 is 11.6 Å². The number of benzene rings is 1. The first-order valence-corrected chi connectivity index (χ1v) is 9.23. The quantitative estimate of drug-likeness (QED) is 0.654. The Morgan fingerprint density at radius 3 is 2.62 bits per heavy atom. The lowest BCUT2D eigenvalue weighted by atomic mass is 9.93. The third kappa shape index (κ3) is 4.83. The number of amides is 3. The zero-order valence-corrected chi connectivity index (χ0v) is 15.6. The summed E-state index contributed by atoms with van der Waals surface area (Å²) in [5, 5.41) is 20.7. The summed E-state index contributed by atoms with van der Waals surface area (Å²) in [5.74, 6) is -0.353. The van der Waals surface area contributed by atoms with E-state index in [1.165, 1.54) is 11.3 Å². The molecule has 1 heterocycles. The fraction of sp³-hybridized carbons (Fsp3) is 0.316. The number of urea groups is 1. The summed E-state index contributed by atoms with van der Waals surface area (Å²) >= 11 is 1.45. The molecule has 2 rings (SSSR count). The van der Waals surface area contributed by atoms with Crippen LogP contribution < -0.4 is 16.0 Å². The van der Waals surface area contributed by atoms with Crippen LogP contribution in [-0.2, 0) is 10.3 Å². The lowest BCUT2D eigenvalue weighted by Crippen LogP contribution is -2.56. The second kappa shape index (κ2) is 9.02. The van der Waals surface area contributed by atoms with Gasteiger partial charge in [0.25, 0.3) is 0 Å². The minimum Gasteiger partial charge on any atom is -0.353 e. The van der Waals surface area contributed by atoms with E-state index in [0.717, 1.165) is 5.56 Å². The number of hydrogen-bond donors (Lipinski definition) is 3. The van der Waals surface area contributed by atoms with E-state index in [-0.39, 0.29) is 24.9 Å². The second-order valence-electron chi connectivity index (χ2n) is 6.03. The molecule has 3 N–H and O–H groups in total. The summed E-state index contributed by atoms with van der Waals surface area (Å²) in [6, 6.07) is 12.7. The highest BCUT2D eigenvalue weighted by molar-refractivity contribution is 7.08. The van der Waals surface area contributed by atoms with E-state index in [1.807, 2.05) is 54.1 Å². The van der Waals surface area contributed by atoms with E-state index in [2.05, 4.69) is 16.0 Å². The summed E-state index contributed by atoms with van der Waals surface area (Å²) < 4.78 is 0. The van der Waals surface area contributed by atoms with Gasteiger partial charge in [-0.2, -0.15) is 16.6 Å². The van der Waals surface area contributed by atoms with Gasteiger partial charge in [0, 0.05) is 6.54 Å². The molecule has 1 aromatic heterocycles. The Morgan fingerprint density at radius 2 is 2.00 bits per heavy atom. The largest absolute Gasteiger partial charge is 0.353 e. The highest BCUT2D eigenvalue weighted by Crippen LogP contribution is 2.24. The normalized spacial score (nSPS) is 13.7. The Morgan fingerprint density at radius 1 is 1.27 bits per heavy atom. The van der Waals surface area contributed by atoms with Crippen molar-refractivity contribution in [2.45, 2.75) is 31.8 Å². The molecule has 0 radical (unpaired) electrons. The first-order chi connectivity index (χ1) is 12.5. The van der Waals surface area contributed by atoms with Gasteiger partial charge in [-0.25, -0.2) is 4.79 Å². The molecule has 2 aromatic rings. The highest BCUT2D eigenvalue weighted by Gasteiger charge is 2.37. The zero-order valence-electron chi connectivity index (χ0n) is 14.8. The van der Waals surface area contributed by atoms with Crippen LogP contribution in [0.3, 0.4) is 0 Å². The number of carbonyl (C=O) groups is 2. The van der Waals surface area contributed by atoms with Gasteiger partial charge in [0.15, 0.2) is 0 Å². The van der Waals surface area contributed by atoms with Gasteiger partial charge in [-0.1, -0.05) is 30.3 Å². The van der Waals surface area contributed by atoms with Crippen LogP contribution >= 0.6 is 11.3 Å². The zero-order chi connectivity index (χ0) is 19.0. The van der Waals surface area contributed by atoms with Crippen molar-refractivity contribution < 1.29 is 9.59 Å². The average Bonchev–Trinajstić information content (AvgIpc) is 3.17. The molecule has 0 fully saturated rings. The van der Waals surface area contributed by atoms with Gasteiger partial charge in [0.2, 0.25) is 5.91 Å². The van der Waals surface area contributed by atoms with Crippen LogP contribution in [0.15, 0.2) is 47.2 Å². The van der Waals surface area contributed by atoms with Gasteiger partial charge < -0.3 is 16.0 Å². The molecule has 3 amide bonds. The van der Waals surface area contributed by atoms with Gasteiger partial charge in [-0.05, 0) is 41.8 Å². The first-order valence-electron chi connectivity index (χ1n) is 8.29. The van der Waals surface area contributed by atoms with Crippen molar-refractivity contribution >= 4 is 23.3 Å². The van der Waals surface area contributed by atoms with E-state index in [9.17, 15) is 9.59 Å². The molecule has 2 unspecified atom stereocenters. The third-order valence-electron chi connectivity index (χ3n) is 4.09. The molecule has 7 heteroatoms. The fourth-order valence-corrected chi connectivity index (χ4v) is 3.27. The van der Waals surface area contributed by atoms with Crippen LogP contribution in [0.5, 0.6) is 0 Å². The molecule has 1 aromatic carbocycles. The van der Waals surface area contributed by atoms with Crippen LogP contribution in [0.1, 0.15) is 37.4 Å². The lowest BCUT2D eigenvalue weighted by molar-refractivity contribution is -0.127. The predicted octanol–water partition coefficient (Wildman–Crippen LogP) is 3.05. The monoisotopic (exact) mass is 370 g/mol. The third-order valence-corrected chi connectivity index (χ3v) is 4.77. The summed E-state index contributed by atoms with van der Waals surface area (Å²) in [5.41, 5.74) is 0.438. The van der Waals surface area contributed by atoms with Gasteiger partial charge >= 0.3 is 6.03 Å². The molecule has 6 nitrogen and oxygen atoms in total. The fourth-order valence-electron chi connectivity index (χ4n) is 2.50. The van der Waals surface area contributed by atoms with E-state index in [1.54, 1.807) is 13.0 Å². The molecule has 0 aliphatic heterocycles. The molecule has 2 atom stereocenters. The van der Waals surface area contributed by atoms with Crippen molar-refractivity contribution in [3.63, 3.8) is 0 Å². The Bertz CT molecular complexity index is 771. The van der Waals surface area contributed by atoms with Gasteiger partial charge in [0.05, 0.1) is 18.5 Å². The summed E-state index contributed by atoms with van der Waals surface area (Å²) in [7, 11) is 0. The van der Waals surface area contributed by atoms with Gasteiger partial charge in [-0.3, -0.25) is 4.79 Å². The molecule has 0 saturated heterocycles. The Hall–Kier alpha value is -2.85. The molecule has 0 aliphatic carbocycles. The molecule has 0 spiro atoms. The van der Waals surface area contributed by atoms with Crippen molar-refractivity contribution in [2.75, 3.05) is 6.54 Å². The van der Waals surface area contributed by atoms with E-state index in [0.29, 0.717) is 5.56 Å². The molecule has 26 heavy (non-hydrogen) atoms. The maximum Gasteiger partial charge on any atom is 0.316 e. The van der Waals surface area contributed by atoms with Crippen LogP contribution in [0, 0.1) is 11.3 Å². The van der Waals surface area contributed by atoms with Crippen molar-refractivity contribution in [3.8, 4) is 6.07 Å². The van der Waals surface area contributed by atoms with Crippen molar-refractivity contribution in [3.05, 3.63) is 58.3 Å². The number of nitriles is 1. The van der Waals surface area contributed by atoms with Gasteiger partial charge in [0.1, 0.15) is 5.54 Å². The maximum atomic E-state index is 12.7. The SMILES string of the molecule is CC(NC(=O)NC(C)(C(=O)NCCC#N)c1ccsc1)c1ccccc1. The summed E-state index contributed by atoms with van der Waals surface area (Å²) in [6.45, 7) is 3.77. The second-order valence-corrected chi connectivity index (χ2v) is 6.81. The highest BCUT2D eigenvalue weighted by atomic mass is 32.1. The van der Waals surface area contributed by atoms with Gasteiger partial charge in [-0.15, -0.1) is 0 Å². The topological polar surface area (TPSA) is 94.0 Å². The molecule has 0 saturated carbocycles. The van der Waals surface area contributed by atoms with Crippen LogP contribution in [0.2, 0.25) is 0 Å². The molecule has 0 aliphatic rings. The van der Waals surface area contributed by atoms with E-state index >= 15 is 0 Å². The summed E-state index contributed by atoms with van der Waals surface area (Å²) in [4.78, 5) is 25.2. The van der Waals surface area contributed by atoms with Crippen LogP contribution in [0.25, 0.3) is 0 Å².